The van der Waals surface area contributed by atoms with Crippen LogP contribution in [0.3, 0.4) is 0 Å². The summed E-state index contributed by atoms with van der Waals surface area (Å²) in [5.41, 5.74) is 0. The summed E-state index contributed by atoms with van der Waals surface area (Å²) in [4.78, 5) is 11.4. The fourth-order valence-corrected chi connectivity index (χ4v) is 1.89. The van der Waals surface area contributed by atoms with Crippen LogP contribution in [0, 0.1) is 11.8 Å². The van der Waals surface area contributed by atoms with E-state index in [1.54, 1.807) is 0 Å². The zero-order valence-electron chi connectivity index (χ0n) is 10.2. The van der Waals surface area contributed by atoms with Crippen LogP contribution in [0.5, 0.6) is 0 Å². The number of amides is 1. The van der Waals surface area contributed by atoms with Crippen LogP contribution < -0.4 is 10.6 Å². The van der Waals surface area contributed by atoms with E-state index in [-0.39, 0.29) is 5.91 Å². The van der Waals surface area contributed by atoms with Crippen molar-refractivity contribution in [3.05, 3.63) is 0 Å². The van der Waals surface area contributed by atoms with E-state index in [1.165, 1.54) is 6.42 Å². The molecule has 0 aromatic heterocycles. The number of rotatable bonds is 7. The minimum Gasteiger partial charge on any atom is -0.353 e. The number of nitrogens with one attached hydrogen (secondary N) is 2. The molecule has 0 aromatic rings. The number of carbonyl (C=O) groups is 1. The highest BCUT2D eigenvalue weighted by molar-refractivity contribution is 5.78. The molecule has 3 nitrogen and oxygen atoms in total. The van der Waals surface area contributed by atoms with E-state index in [0.29, 0.717) is 12.6 Å². The maximum atomic E-state index is 11.4. The lowest BCUT2D eigenvalue weighted by molar-refractivity contribution is -0.120. The Bertz CT molecular complexity index is 206. The topological polar surface area (TPSA) is 41.1 Å². The third-order valence-corrected chi connectivity index (χ3v) is 3.10. The summed E-state index contributed by atoms with van der Waals surface area (Å²) >= 11 is 0. The molecule has 3 unspecified atom stereocenters. The third kappa shape index (κ3) is 5.17. The number of hydrogen-bond acceptors (Lipinski definition) is 2. The largest absolute Gasteiger partial charge is 0.353 e. The molecule has 3 atom stereocenters. The van der Waals surface area contributed by atoms with Crippen molar-refractivity contribution in [2.45, 2.75) is 46.1 Å². The molecule has 0 saturated heterocycles. The van der Waals surface area contributed by atoms with Crippen LogP contribution in [-0.2, 0) is 4.79 Å². The van der Waals surface area contributed by atoms with Gasteiger partial charge in [0, 0.05) is 6.04 Å². The fourth-order valence-electron chi connectivity index (χ4n) is 1.89. The fraction of sp³-hybridized carbons (Fsp3) is 0.917. The van der Waals surface area contributed by atoms with Crippen LogP contribution in [-0.4, -0.2) is 25.0 Å². The highest BCUT2D eigenvalue weighted by atomic mass is 16.1. The summed E-state index contributed by atoms with van der Waals surface area (Å²) in [5.74, 6) is 1.80. The van der Waals surface area contributed by atoms with E-state index >= 15 is 0 Å². The van der Waals surface area contributed by atoms with Gasteiger partial charge in [-0.1, -0.05) is 20.3 Å². The average Bonchev–Trinajstić information content (AvgIpc) is 2.82. The van der Waals surface area contributed by atoms with Crippen LogP contribution in [0.15, 0.2) is 0 Å². The minimum absolute atomic E-state index is 0.129. The molecule has 0 aliphatic heterocycles. The summed E-state index contributed by atoms with van der Waals surface area (Å²) in [6.45, 7) is 7.92. The van der Waals surface area contributed by atoms with Crippen molar-refractivity contribution in [1.82, 2.24) is 10.6 Å². The van der Waals surface area contributed by atoms with Gasteiger partial charge in [-0.3, -0.25) is 4.79 Å². The summed E-state index contributed by atoms with van der Waals surface area (Å²) in [6, 6.07) is 0.309. The SMILES string of the molecule is CCCC(C)NC(=O)CNCC1CC1C. The van der Waals surface area contributed by atoms with Gasteiger partial charge < -0.3 is 10.6 Å². The van der Waals surface area contributed by atoms with Gasteiger partial charge in [0.1, 0.15) is 0 Å². The Morgan fingerprint density at radius 1 is 1.53 bits per heavy atom. The molecule has 1 aliphatic carbocycles. The molecule has 2 N–H and O–H groups in total. The van der Waals surface area contributed by atoms with Crippen molar-refractivity contribution in [3.8, 4) is 0 Å². The Morgan fingerprint density at radius 2 is 2.20 bits per heavy atom. The van der Waals surface area contributed by atoms with Gasteiger partial charge in [0.25, 0.3) is 0 Å². The molecule has 1 rings (SSSR count). The van der Waals surface area contributed by atoms with Crippen molar-refractivity contribution >= 4 is 5.91 Å². The Kier molecular flexibility index (Phi) is 5.09. The smallest absolute Gasteiger partial charge is 0.234 e. The second kappa shape index (κ2) is 6.11. The molecule has 15 heavy (non-hydrogen) atoms. The first kappa shape index (κ1) is 12.5. The van der Waals surface area contributed by atoms with Crippen LogP contribution in [0.25, 0.3) is 0 Å². The van der Waals surface area contributed by atoms with E-state index in [0.717, 1.165) is 31.2 Å². The highest BCUT2D eigenvalue weighted by Gasteiger charge is 2.31. The van der Waals surface area contributed by atoms with Crippen molar-refractivity contribution in [2.24, 2.45) is 11.8 Å². The predicted octanol–water partition coefficient (Wildman–Crippen LogP) is 1.54. The standard InChI is InChI=1S/C12H24N2O/c1-4-5-10(3)14-12(15)8-13-7-11-6-9(11)2/h9-11,13H,4-8H2,1-3H3,(H,14,15). The predicted molar refractivity (Wildman–Crippen MR) is 62.7 cm³/mol. The molecular weight excluding hydrogens is 188 g/mol. The van der Waals surface area contributed by atoms with E-state index < -0.39 is 0 Å². The summed E-state index contributed by atoms with van der Waals surface area (Å²) in [6.07, 6.45) is 3.50. The van der Waals surface area contributed by atoms with Crippen molar-refractivity contribution in [2.75, 3.05) is 13.1 Å². The summed E-state index contributed by atoms with van der Waals surface area (Å²) < 4.78 is 0. The molecule has 3 heteroatoms. The van der Waals surface area contributed by atoms with Crippen LogP contribution in [0.4, 0.5) is 0 Å². The summed E-state index contributed by atoms with van der Waals surface area (Å²) in [7, 11) is 0. The van der Waals surface area contributed by atoms with Crippen LogP contribution in [0.2, 0.25) is 0 Å². The van der Waals surface area contributed by atoms with Crippen molar-refractivity contribution in [1.29, 1.82) is 0 Å². The number of hydrogen-bond donors (Lipinski definition) is 2. The van der Waals surface area contributed by atoms with E-state index in [1.807, 2.05) is 0 Å². The second-order valence-corrected chi connectivity index (χ2v) is 4.86. The van der Waals surface area contributed by atoms with Gasteiger partial charge >= 0.3 is 0 Å². The van der Waals surface area contributed by atoms with Gasteiger partial charge in [0.05, 0.1) is 6.54 Å². The molecular formula is C12H24N2O. The average molecular weight is 212 g/mol. The molecule has 0 heterocycles. The zero-order chi connectivity index (χ0) is 11.3. The van der Waals surface area contributed by atoms with Crippen LogP contribution >= 0.6 is 0 Å². The molecule has 0 radical (unpaired) electrons. The lowest BCUT2D eigenvalue weighted by Crippen LogP contribution is -2.39. The first-order valence-corrected chi connectivity index (χ1v) is 6.13. The van der Waals surface area contributed by atoms with Gasteiger partial charge in [0.15, 0.2) is 0 Å². The van der Waals surface area contributed by atoms with Gasteiger partial charge in [-0.15, -0.1) is 0 Å². The van der Waals surface area contributed by atoms with Crippen LogP contribution in [0.1, 0.15) is 40.0 Å². The lowest BCUT2D eigenvalue weighted by atomic mass is 10.2. The molecule has 1 fully saturated rings. The normalized spacial score (nSPS) is 26.1. The maximum absolute atomic E-state index is 11.4. The lowest BCUT2D eigenvalue weighted by Gasteiger charge is -2.12. The highest BCUT2D eigenvalue weighted by Crippen LogP contribution is 2.36. The second-order valence-electron chi connectivity index (χ2n) is 4.86. The van der Waals surface area contributed by atoms with E-state index in [9.17, 15) is 4.79 Å². The quantitative estimate of drug-likeness (QED) is 0.672. The van der Waals surface area contributed by atoms with Gasteiger partial charge in [-0.05, 0) is 38.1 Å². The molecule has 1 amide bonds. The first-order chi connectivity index (χ1) is 7.13. The Labute approximate surface area is 93.0 Å². The molecule has 0 aromatic carbocycles. The summed E-state index contributed by atoms with van der Waals surface area (Å²) in [5, 5.41) is 6.20. The molecule has 1 aliphatic rings. The first-order valence-electron chi connectivity index (χ1n) is 6.13. The zero-order valence-corrected chi connectivity index (χ0v) is 10.2. The van der Waals surface area contributed by atoms with E-state index in [4.69, 9.17) is 0 Å². The molecule has 88 valence electrons. The number of carbonyl (C=O) groups excluding carboxylic acids is 1. The monoisotopic (exact) mass is 212 g/mol. The van der Waals surface area contributed by atoms with E-state index in [2.05, 4.69) is 31.4 Å². The maximum Gasteiger partial charge on any atom is 0.234 e. The van der Waals surface area contributed by atoms with Gasteiger partial charge in [-0.2, -0.15) is 0 Å². The van der Waals surface area contributed by atoms with Crippen molar-refractivity contribution in [3.63, 3.8) is 0 Å². The Morgan fingerprint density at radius 3 is 2.73 bits per heavy atom. The molecule has 0 spiro atoms. The van der Waals surface area contributed by atoms with Crippen molar-refractivity contribution < 1.29 is 4.79 Å². The molecule has 1 saturated carbocycles. The Balaban J connectivity index is 1.98. The van der Waals surface area contributed by atoms with Gasteiger partial charge in [0.2, 0.25) is 5.91 Å². The molecule has 0 bridgehead atoms. The Hall–Kier alpha value is -0.570. The van der Waals surface area contributed by atoms with Gasteiger partial charge in [-0.25, -0.2) is 0 Å². The third-order valence-electron chi connectivity index (χ3n) is 3.10. The minimum atomic E-state index is 0.129.